The van der Waals surface area contributed by atoms with Gasteiger partial charge in [-0.15, -0.1) is 11.3 Å². The molecule has 22 heavy (non-hydrogen) atoms. The van der Waals surface area contributed by atoms with Crippen LogP contribution in [0.15, 0.2) is 35.2 Å². The Hall–Kier alpha value is -1.77. The van der Waals surface area contributed by atoms with E-state index in [0.29, 0.717) is 5.69 Å². The number of hydrogen-bond acceptors (Lipinski definition) is 7. The number of nitrogens with one attached hydrogen (secondary N) is 1. The van der Waals surface area contributed by atoms with E-state index in [-0.39, 0.29) is 15.9 Å². The van der Waals surface area contributed by atoms with Crippen LogP contribution in [0.2, 0.25) is 0 Å². The Kier molecular flexibility index (Phi) is 7.16. The first-order valence-electron chi connectivity index (χ1n) is 5.77. The summed E-state index contributed by atoms with van der Waals surface area (Å²) in [5.74, 6) is -0.379. The van der Waals surface area contributed by atoms with Gasteiger partial charge in [-0.25, -0.2) is 4.98 Å². The Morgan fingerprint density at radius 2 is 2.14 bits per heavy atom. The third-order valence-electron chi connectivity index (χ3n) is 2.20. The smallest absolute Gasteiger partial charge is 0.169 e. The zero-order chi connectivity index (χ0) is 16.6. The molecular formula is C12H13AsN2O6S. The van der Waals surface area contributed by atoms with Crippen LogP contribution in [0.5, 0.6) is 0 Å². The van der Waals surface area contributed by atoms with Crippen LogP contribution >= 0.6 is 11.3 Å². The van der Waals surface area contributed by atoms with Gasteiger partial charge in [0.1, 0.15) is 5.69 Å². The zero-order valence-electron chi connectivity index (χ0n) is 11.4. The summed E-state index contributed by atoms with van der Waals surface area (Å²) in [6.45, 7) is 1.27. The number of anilines is 1. The van der Waals surface area contributed by atoms with Gasteiger partial charge in [0.05, 0.1) is 5.51 Å². The Balaban J connectivity index is 0.000000287. The van der Waals surface area contributed by atoms with E-state index in [1.54, 1.807) is 17.0 Å². The number of benzene rings is 1. The minimum atomic E-state index is -4.92. The number of carbonyl (C=O) groups is 2. The summed E-state index contributed by atoms with van der Waals surface area (Å²) in [7, 11) is 0. The number of aldehydes is 1. The standard InChI is InChI=1S/C8H10AsNO5.C4H3NOS/c1-6(11)10-8-5-3-2-4-7(8)9(12,13)15-14;6-1-4-2-7-3-5-4/h2-5,14H,1H3,(H,10,11)(H,12,13);1-3H. The van der Waals surface area contributed by atoms with Crippen molar-refractivity contribution in [3.63, 3.8) is 0 Å². The molecule has 1 atom stereocenters. The molecule has 1 aromatic heterocycles. The van der Waals surface area contributed by atoms with E-state index < -0.39 is 14.2 Å². The van der Waals surface area contributed by atoms with Gasteiger partial charge in [0, 0.05) is 5.38 Å². The van der Waals surface area contributed by atoms with E-state index in [0.717, 1.165) is 6.29 Å². The number of aromatic nitrogens is 1. The molecule has 2 aromatic rings. The van der Waals surface area contributed by atoms with Gasteiger partial charge in [-0.05, 0) is 0 Å². The van der Waals surface area contributed by atoms with E-state index in [9.17, 15) is 17.4 Å². The molecule has 1 aromatic carbocycles. The third-order valence-corrected chi connectivity index (χ3v) is 5.37. The summed E-state index contributed by atoms with van der Waals surface area (Å²) in [6, 6.07) is 5.84. The first kappa shape index (κ1) is 18.3. The van der Waals surface area contributed by atoms with Crippen molar-refractivity contribution >= 4 is 47.7 Å². The molecule has 8 nitrogen and oxygen atoms in total. The monoisotopic (exact) mass is 388 g/mol. The third kappa shape index (κ3) is 5.55. The van der Waals surface area contributed by atoms with E-state index in [4.69, 9.17) is 5.26 Å². The molecule has 3 N–H and O–H groups in total. The number of amides is 1. The molecule has 0 fully saturated rings. The summed E-state index contributed by atoms with van der Waals surface area (Å²) in [5, 5.41) is 12.4. The van der Waals surface area contributed by atoms with Crippen molar-refractivity contribution in [2.24, 2.45) is 0 Å². The topological polar surface area (TPSA) is 126 Å². The zero-order valence-corrected chi connectivity index (χ0v) is 14.1. The van der Waals surface area contributed by atoms with Crippen LogP contribution in [0.1, 0.15) is 17.4 Å². The number of rotatable bonds is 4. The largest absolute Gasteiger partial charge is 0.296 e. The molecule has 0 radical (unpaired) electrons. The van der Waals surface area contributed by atoms with E-state index in [1.165, 1.54) is 36.5 Å². The van der Waals surface area contributed by atoms with E-state index in [2.05, 4.69) is 14.2 Å². The minimum Gasteiger partial charge on any atom is -0.296 e. The van der Waals surface area contributed by atoms with E-state index in [1.807, 2.05) is 0 Å². The fourth-order valence-corrected chi connectivity index (χ4v) is 3.51. The minimum absolute atomic E-state index is 0.103. The first-order chi connectivity index (χ1) is 10.4. The molecule has 1 unspecified atom stereocenters. The molecular weight excluding hydrogens is 375 g/mol. The van der Waals surface area contributed by atoms with Crippen LogP contribution in [0, 0.1) is 0 Å². The van der Waals surface area contributed by atoms with Crippen molar-refractivity contribution in [3.05, 3.63) is 40.8 Å². The number of nitrogens with zero attached hydrogens (tertiary/aromatic N) is 1. The summed E-state index contributed by atoms with van der Waals surface area (Å²) in [4.78, 5) is 24.3. The second-order valence-corrected chi connectivity index (χ2v) is 8.09. The van der Waals surface area contributed by atoms with Crippen LogP contribution in [-0.2, 0) is 12.4 Å². The number of hydrogen-bond donors (Lipinski definition) is 3. The molecule has 1 heterocycles. The fraction of sp³-hybridized carbons (Fsp3) is 0.0833. The maximum Gasteiger partial charge on any atom is 0.169 e. The van der Waals surface area contributed by atoms with Gasteiger partial charge < -0.3 is 0 Å². The Morgan fingerprint density at radius 3 is 2.59 bits per heavy atom. The maximum atomic E-state index is 11.4. The summed E-state index contributed by atoms with van der Waals surface area (Å²) in [5.41, 5.74) is 2.30. The molecule has 1 amide bonds. The second kappa shape index (κ2) is 8.62. The van der Waals surface area contributed by atoms with Crippen LogP contribution < -0.4 is 9.67 Å². The predicted octanol–water partition coefficient (Wildman–Crippen LogP) is 0.659. The van der Waals surface area contributed by atoms with Gasteiger partial charge >= 0.3 is 88.4 Å². The Bertz CT molecular complexity index is 676. The molecule has 0 aliphatic heterocycles. The molecule has 0 aliphatic carbocycles. The second-order valence-electron chi connectivity index (χ2n) is 3.83. The van der Waals surface area contributed by atoms with Gasteiger partial charge in [0.15, 0.2) is 6.29 Å². The van der Waals surface area contributed by atoms with Gasteiger partial charge in [-0.1, -0.05) is 0 Å². The maximum absolute atomic E-state index is 11.4. The average molecular weight is 388 g/mol. The van der Waals surface area contributed by atoms with Gasteiger partial charge in [0.25, 0.3) is 0 Å². The van der Waals surface area contributed by atoms with Crippen molar-refractivity contribution in [2.75, 3.05) is 5.32 Å². The van der Waals surface area contributed by atoms with Crippen LogP contribution in [-0.4, -0.2) is 40.7 Å². The van der Waals surface area contributed by atoms with Crippen molar-refractivity contribution in [1.82, 2.24) is 4.98 Å². The van der Waals surface area contributed by atoms with Crippen LogP contribution in [0.25, 0.3) is 0 Å². The summed E-state index contributed by atoms with van der Waals surface area (Å²) in [6.07, 6.45) is 0.733. The first-order valence-corrected chi connectivity index (χ1v) is 10.0. The van der Waals surface area contributed by atoms with Crippen molar-refractivity contribution in [3.8, 4) is 0 Å². The predicted molar refractivity (Wildman–Crippen MR) is 80.3 cm³/mol. The normalized spacial score (nSPS) is 12.5. The Morgan fingerprint density at radius 1 is 1.45 bits per heavy atom. The molecule has 10 heteroatoms. The fourth-order valence-electron chi connectivity index (χ4n) is 1.34. The molecule has 118 valence electrons. The average Bonchev–Trinajstić information content (AvgIpc) is 3.01. The van der Waals surface area contributed by atoms with Crippen molar-refractivity contribution in [1.29, 1.82) is 0 Å². The van der Waals surface area contributed by atoms with Gasteiger partial charge in [0.2, 0.25) is 0 Å². The molecule has 0 spiro atoms. The molecule has 0 aliphatic rings. The van der Waals surface area contributed by atoms with Crippen molar-refractivity contribution in [2.45, 2.75) is 6.92 Å². The SMILES string of the molecule is CC(=O)Nc1ccccc1[As](=O)(O)OO.O=Cc1cscn1. The van der Waals surface area contributed by atoms with Crippen LogP contribution in [0.4, 0.5) is 5.69 Å². The molecule has 2 rings (SSSR count). The molecule has 0 saturated carbocycles. The number of para-hydroxylation sites is 1. The van der Waals surface area contributed by atoms with Crippen molar-refractivity contribution < 1.29 is 26.6 Å². The van der Waals surface area contributed by atoms with Gasteiger partial charge in [-0.3, -0.25) is 4.79 Å². The summed E-state index contributed by atoms with van der Waals surface area (Å²) < 4.78 is 24.1. The molecule has 0 bridgehead atoms. The summed E-state index contributed by atoms with van der Waals surface area (Å²) >= 11 is -3.50. The van der Waals surface area contributed by atoms with Gasteiger partial charge in [-0.2, -0.15) is 0 Å². The Labute approximate surface area is 132 Å². The number of thiazole rings is 1. The number of carbonyl (C=O) groups excluding carboxylic acids is 2. The quantitative estimate of drug-likeness (QED) is 0.304. The van der Waals surface area contributed by atoms with E-state index >= 15 is 0 Å². The molecule has 0 saturated heterocycles. The van der Waals surface area contributed by atoms with Crippen LogP contribution in [0.3, 0.4) is 0 Å².